The molecular weight excluding hydrogens is 140 g/mol. The van der Waals surface area contributed by atoms with Crippen LogP contribution in [0, 0.1) is 18.3 Å². The number of carbonyl (C=O) groups excluding carboxylic acids is 1. The van der Waals surface area contributed by atoms with Crippen molar-refractivity contribution in [2.24, 2.45) is 0 Å². The van der Waals surface area contributed by atoms with Crippen LogP contribution in [0.4, 0.5) is 0 Å². The summed E-state index contributed by atoms with van der Waals surface area (Å²) in [6.45, 7) is 1.77. The monoisotopic (exact) mass is 146 g/mol. The molecule has 11 heavy (non-hydrogen) atoms. The molecule has 0 aliphatic heterocycles. The molecule has 0 amide bonds. The first-order valence-electron chi connectivity index (χ1n) is 3.10. The molecule has 0 saturated heterocycles. The van der Waals surface area contributed by atoms with E-state index < -0.39 is 0 Å². The van der Waals surface area contributed by atoms with E-state index in [1.807, 2.05) is 6.07 Å². The Labute approximate surface area is 64.3 Å². The largest absolute Gasteiger partial charge is 0.296 e. The molecule has 0 aliphatic rings. The molecule has 0 radical (unpaired) electrons. The van der Waals surface area contributed by atoms with Crippen LogP contribution < -0.4 is 0 Å². The van der Waals surface area contributed by atoms with Gasteiger partial charge in [-0.2, -0.15) is 5.26 Å². The molecule has 1 aromatic heterocycles. The van der Waals surface area contributed by atoms with Gasteiger partial charge in [0, 0.05) is 6.20 Å². The van der Waals surface area contributed by atoms with Gasteiger partial charge in [0.05, 0.1) is 5.56 Å². The first-order valence-corrected chi connectivity index (χ1v) is 3.10. The number of carbonyl (C=O) groups is 1. The lowest BCUT2D eigenvalue weighted by Gasteiger charge is -1.94. The van der Waals surface area contributed by atoms with Crippen molar-refractivity contribution in [3.05, 3.63) is 29.1 Å². The summed E-state index contributed by atoms with van der Waals surface area (Å²) in [4.78, 5) is 14.0. The summed E-state index contributed by atoms with van der Waals surface area (Å²) in [7, 11) is 0. The van der Waals surface area contributed by atoms with Crippen molar-refractivity contribution in [1.29, 1.82) is 5.26 Å². The summed E-state index contributed by atoms with van der Waals surface area (Å²) >= 11 is 0. The Morgan fingerprint density at radius 1 is 1.73 bits per heavy atom. The molecule has 0 spiro atoms. The van der Waals surface area contributed by atoms with Gasteiger partial charge in [-0.05, 0) is 18.6 Å². The molecule has 0 aliphatic carbocycles. The highest BCUT2D eigenvalue weighted by Crippen LogP contribution is 2.04. The van der Waals surface area contributed by atoms with Crippen LogP contribution in [0.25, 0.3) is 0 Å². The Hall–Kier alpha value is -1.69. The molecule has 0 unspecified atom stereocenters. The third-order valence-electron chi connectivity index (χ3n) is 1.37. The Kier molecular flexibility index (Phi) is 1.98. The predicted octanol–water partition coefficient (Wildman–Crippen LogP) is 1.07. The summed E-state index contributed by atoms with van der Waals surface area (Å²) in [6.07, 6.45) is 2.06. The van der Waals surface area contributed by atoms with Gasteiger partial charge in [-0.3, -0.25) is 9.78 Å². The number of nitrogens with zero attached hydrogens (tertiary/aromatic N) is 2. The van der Waals surface area contributed by atoms with Gasteiger partial charge in [-0.1, -0.05) is 0 Å². The fraction of sp³-hybridized carbons (Fsp3) is 0.125. The number of nitriles is 1. The van der Waals surface area contributed by atoms with Crippen LogP contribution in [-0.4, -0.2) is 11.3 Å². The topological polar surface area (TPSA) is 53.8 Å². The number of hydrogen-bond acceptors (Lipinski definition) is 3. The Bertz CT molecular complexity index is 325. The van der Waals surface area contributed by atoms with E-state index in [-0.39, 0.29) is 0 Å². The first kappa shape index (κ1) is 7.42. The van der Waals surface area contributed by atoms with Gasteiger partial charge in [-0.15, -0.1) is 0 Å². The fourth-order valence-electron chi connectivity index (χ4n) is 0.759. The van der Waals surface area contributed by atoms with Crippen molar-refractivity contribution < 1.29 is 4.79 Å². The second-order valence-electron chi connectivity index (χ2n) is 2.15. The fourth-order valence-corrected chi connectivity index (χ4v) is 0.759. The quantitative estimate of drug-likeness (QED) is 0.557. The second kappa shape index (κ2) is 2.93. The molecule has 3 heteroatoms. The van der Waals surface area contributed by atoms with E-state index in [0.29, 0.717) is 17.5 Å². The van der Waals surface area contributed by atoms with Crippen LogP contribution in [0.1, 0.15) is 21.6 Å². The highest BCUT2D eigenvalue weighted by Gasteiger charge is 1.97. The Balaban J connectivity index is 3.22. The molecule has 3 nitrogen and oxygen atoms in total. The van der Waals surface area contributed by atoms with Gasteiger partial charge >= 0.3 is 0 Å². The highest BCUT2D eigenvalue weighted by molar-refractivity contribution is 5.72. The summed E-state index contributed by atoms with van der Waals surface area (Å²) in [5.74, 6) is 0. The minimum atomic E-state index is 0.363. The third kappa shape index (κ3) is 1.41. The highest BCUT2D eigenvalue weighted by atomic mass is 16.1. The lowest BCUT2D eigenvalue weighted by molar-refractivity contribution is 0.111. The van der Waals surface area contributed by atoms with E-state index in [1.165, 1.54) is 6.20 Å². The maximum Gasteiger partial charge on any atom is 0.168 e. The number of rotatable bonds is 1. The van der Waals surface area contributed by atoms with Crippen LogP contribution in [-0.2, 0) is 0 Å². The normalized spacial score (nSPS) is 8.73. The minimum absolute atomic E-state index is 0.363. The molecule has 0 saturated carbocycles. The van der Waals surface area contributed by atoms with Crippen molar-refractivity contribution in [3.8, 4) is 6.07 Å². The number of aldehydes is 1. The first-order chi connectivity index (χ1) is 5.27. The lowest BCUT2D eigenvalue weighted by atomic mass is 10.1. The molecular formula is C8H6N2O. The average molecular weight is 146 g/mol. The van der Waals surface area contributed by atoms with E-state index in [4.69, 9.17) is 5.26 Å². The molecule has 1 rings (SSSR count). The van der Waals surface area contributed by atoms with E-state index in [0.717, 1.165) is 5.56 Å². The predicted molar refractivity (Wildman–Crippen MR) is 39.1 cm³/mol. The van der Waals surface area contributed by atoms with Crippen molar-refractivity contribution in [1.82, 2.24) is 4.98 Å². The average Bonchev–Trinajstić information content (AvgIpc) is 2.04. The third-order valence-corrected chi connectivity index (χ3v) is 1.37. The molecule has 0 fully saturated rings. The Morgan fingerprint density at radius 3 is 2.91 bits per heavy atom. The van der Waals surface area contributed by atoms with E-state index >= 15 is 0 Å². The minimum Gasteiger partial charge on any atom is -0.296 e. The van der Waals surface area contributed by atoms with Gasteiger partial charge in [-0.25, -0.2) is 0 Å². The van der Waals surface area contributed by atoms with Crippen molar-refractivity contribution in [3.63, 3.8) is 0 Å². The van der Waals surface area contributed by atoms with Crippen molar-refractivity contribution >= 4 is 6.29 Å². The smallest absolute Gasteiger partial charge is 0.168 e. The van der Waals surface area contributed by atoms with Gasteiger partial charge in [0.15, 0.2) is 6.29 Å². The van der Waals surface area contributed by atoms with Crippen LogP contribution in [0.2, 0.25) is 0 Å². The maximum atomic E-state index is 10.2. The van der Waals surface area contributed by atoms with Gasteiger partial charge < -0.3 is 0 Å². The van der Waals surface area contributed by atoms with Gasteiger partial charge in [0.25, 0.3) is 0 Å². The maximum absolute atomic E-state index is 10.2. The molecule has 0 aromatic carbocycles. The second-order valence-corrected chi connectivity index (χ2v) is 2.15. The number of pyridine rings is 1. The SMILES string of the molecule is Cc1cc(C=O)ncc1C#N. The zero-order valence-corrected chi connectivity index (χ0v) is 6.03. The van der Waals surface area contributed by atoms with Crippen LogP contribution >= 0.6 is 0 Å². The number of aryl methyl sites for hydroxylation is 1. The zero-order chi connectivity index (χ0) is 8.27. The van der Waals surface area contributed by atoms with Crippen LogP contribution in [0.15, 0.2) is 12.3 Å². The molecule has 1 heterocycles. The summed E-state index contributed by atoms with van der Waals surface area (Å²) < 4.78 is 0. The van der Waals surface area contributed by atoms with Crippen LogP contribution in [0.5, 0.6) is 0 Å². The van der Waals surface area contributed by atoms with Gasteiger partial charge in [0.2, 0.25) is 0 Å². The summed E-state index contributed by atoms with van der Waals surface area (Å²) in [5, 5.41) is 8.50. The van der Waals surface area contributed by atoms with Crippen molar-refractivity contribution in [2.75, 3.05) is 0 Å². The van der Waals surface area contributed by atoms with Crippen molar-refractivity contribution in [2.45, 2.75) is 6.92 Å². The van der Waals surface area contributed by atoms with E-state index in [1.54, 1.807) is 13.0 Å². The molecule has 54 valence electrons. The van der Waals surface area contributed by atoms with Gasteiger partial charge in [0.1, 0.15) is 11.8 Å². The molecule has 0 bridgehead atoms. The lowest BCUT2D eigenvalue weighted by Crippen LogP contribution is -1.90. The molecule has 1 aromatic rings. The Morgan fingerprint density at radius 2 is 2.45 bits per heavy atom. The summed E-state index contributed by atoms with van der Waals surface area (Å²) in [6, 6.07) is 3.56. The molecule has 0 atom stereocenters. The number of hydrogen-bond donors (Lipinski definition) is 0. The standard InChI is InChI=1S/C8H6N2O/c1-6-2-8(5-11)10-4-7(6)3-9/h2,4-5H,1H3. The van der Waals surface area contributed by atoms with E-state index in [9.17, 15) is 4.79 Å². The molecule has 0 N–H and O–H groups in total. The number of aromatic nitrogens is 1. The van der Waals surface area contributed by atoms with E-state index in [2.05, 4.69) is 4.98 Å². The van der Waals surface area contributed by atoms with Crippen LogP contribution in [0.3, 0.4) is 0 Å². The summed E-state index contributed by atoms with van der Waals surface area (Å²) in [5.41, 5.74) is 1.65. The zero-order valence-electron chi connectivity index (χ0n) is 6.03.